The molecule has 0 spiro atoms. The zero-order valence-electron chi connectivity index (χ0n) is 10.1. The number of nitriles is 1. The van der Waals surface area contributed by atoms with Crippen LogP contribution in [0.3, 0.4) is 0 Å². The van der Waals surface area contributed by atoms with Gasteiger partial charge in [-0.05, 0) is 25.3 Å². The third kappa shape index (κ3) is 4.07. The number of nitrogens with zero attached hydrogens (tertiary/aromatic N) is 1. The fourth-order valence-electron chi connectivity index (χ4n) is 1.73. The number of benzene rings is 1. The summed E-state index contributed by atoms with van der Waals surface area (Å²) in [6.07, 6.45) is 2.45. The molecule has 1 N–H and O–H groups in total. The molecule has 3 heteroatoms. The first-order chi connectivity index (χ1) is 8.22. The van der Waals surface area contributed by atoms with Crippen LogP contribution < -0.4 is 5.32 Å². The molecule has 1 fully saturated rings. The second kappa shape index (κ2) is 5.57. The molecular weight excluding hydrogens is 228 g/mol. The van der Waals surface area contributed by atoms with Crippen molar-refractivity contribution in [3.63, 3.8) is 0 Å². The maximum Gasteiger partial charge on any atom is 0.113 e. The van der Waals surface area contributed by atoms with E-state index in [1.54, 1.807) is 0 Å². The first kappa shape index (κ1) is 12.5. The fourth-order valence-corrected chi connectivity index (χ4v) is 2.82. The summed E-state index contributed by atoms with van der Waals surface area (Å²) < 4.78 is 0. The molecule has 1 aromatic rings. The van der Waals surface area contributed by atoms with Gasteiger partial charge in [-0.1, -0.05) is 30.3 Å². The molecule has 0 radical (unpaired) electrons. The second-order valence-corrected chi connectivity index (χ2v) is 5.83. The van der Waals surface area contributed by atoms with E-state index >= 15 is 0 Å². The van der Waals surface area contributed by atoms with E-state index in [1.807, 2.05) is 24.8 Å². The molecule has 1 aliphatic carbocycles. The first-order valence-electron chi connectivity index (χ1n) is 6.02. The van der Waals surface area contributed by atoms with Crippen LogP contribution in [-0.4, -0.2) is 17.3 Å². The number of rotatable bonds is 6. The first-order valence-corrected chi connectivity index (χ1v) is 7.18. The van der Waals surface area contributed by atoms with E-state index in [0.717, 1.165) is 11.5 Å². The van der Waals surface area contributed by atoms with E-state index in [1.165, 1.54) is 18.4 Å². The Kier molecular flexibility index (Phi) is 4.09. The monoisotopic (exact) mass is 246 g/mol. The molecule has 2 rings (SSSR count). The van der Waals surface area contributed by atoms with Gasteiger partial charge >= 0.3 is 0 Å². The van der Waals surface area contributed by atoms with Gasteiger partial charge in [0.2, 0.25) is 0 Å². The van der Waals surface area contributed by atoms with Crippen molar-refractivity contribution in [1.82, 2.24) is 5.32 Å². The zero-order chi connectivity index (χ0) is 12.1. The predicted molar refractivity (Wildman–Crippen MR) is 72.8 cm³/mol. The zero-order valence-corrected chi connectivity index (χ0v) is 11.0. The number of nitrogens with one attached hydrogen (secondary N) is 1. The molecule has 0 aliphatic heterocycles. The molecule has 0 amide bonds. The Hall–Kier alpha value is -0.980. The molecule has 90 valence electrons. The lowest BCUT2D eigenvalue weighted by molar-refractivity contribution is 0.490. The van der Waals surface area contributed by atoms with Crippen LogP contribution in [0.1, 0.15) is 25.3 Å². The lowest BCUT2D eigenvalue weighted by Crippen LogP contribution is -2.44. The minimum atomic E-state index is -0.374. The summed E-state index contributed by atoms with van der Waals surface area (Å²) in [6, 6.07) is 13.4. The van der Waals surface area contributed by atoms with Gasteiger partial charge in [0.05, 0.1) is 6.07 Å². The van der Waals surface area contributed by atoms with Gasteiger partial charge in [-0.3, -0.25) is 5.32 Å². The van der Waals surface area contributed by atoms with Crippen molar-refractivity contribution in [2.24, 2.45) is 0 Å². The van der Waals surface area contributed by atoms with Crippen LogP contribution in [0.2, 0.25) is 0 Å². The highest BCUT2D eigenvalue weighted by Crippen LogP contribution is 2.25. The summed E-state index contributed by atoms with van der Waals surface area (Å²) >= 11 is 1.82. The number of hydrogen-bond acceptors (Lipinski definition) is 3. The van der Waals surface area contributed by atoms with Crippen LogP contribution in [0.4, 0.5) is 0 Å². The number of hydrogen-bond donors (Lipinski definition) is 1. The Morgan fingerprint density at radius 3 is 2.71 bits per heavy atom. The van der Waals surface area contributed by atoms with Crippen LogP contribution in [-0.2, 0) is 5.75 Å². The van der Waals surface area contributed by atoms with Crippen molar-refractivity contribution in [3.8, 4) is 6.07 Å². The highest BCUT2D eigenvalue weighted by Gasteiger charge is 2.32. The molecule has 1 saturated carbocycles. The summed E-state index contributed by atoms with van der Waals surface area (Å²) in [6.45, 7) is 2.00. The quantitative estimate of drug-likeness (QED) is 0.838. The van der Waals surface area contributed by atoms with Gasteiger partial charge in [0.25, 0.3) is 0 Å². The van der Waals surface area contributed by atoms with Gasteiger partial charge in [-0.15, -0.1) is 0 Å². The van der Waals surface area contributed by atoms with Crippen LogP contribution in [0.15, 0.2) is 30.3 Å². The van der Waals surface area contributed by atoms with E-state index in [9.17, 15) is 5.26 Å². The SMILES string of the molecule is CC(C#N)(CSCc1ccccc1)NC1CC1. The standard InChI is InChI=1S/C14H18N2S/c1-14(10-15,16-13-7-8-13)11-17-9-12-5-3-2-4-6-12/h2-6,13,16H,7-9,11H2,1H3. The maximum atomic E-state index is 9.23. The lowest BCUT2D eigenvalue weighted by atomic mass is 10.1. The highest BCUT2D eigenvalue weighted by molar-refractivity contribution is 7.98. The average Bonchev–Trinajstić information content (AvgIpc) is 3.14. The summed E-state index contributed by atoms with van der Waals surface area (Å²) in [5, 5.41) is 12.7. The summed E-state index contributed by atoms with van der Waals surface area (Å²) in [5.41, 5.74) is 0.949. The molecule has 1 aromatic carbocycles. The summed E-state index contributed by atoms with van der Waals surface area (Å²) in [4.78, 5) is 0. The van der Waals surface area contributed by atoms with Crippen LogP contribution in [0.5, 0.6) is 0 Å². The van der Waals surface area contributed by atoms with Gasteiger partial charge < -0.3 is 0 Å². The van der Waals surface area contributed by atoms with Crippen LogP contribution in [0, 0.1) is 11.3 Å². The third-order valence-corrected chi connectivity index (χ3v) is 4.17. The summed E-state index contributed by atoms with van der Waals surface area (Å²) in [5.74, 6) is 1.82. The molecule has 1 atom stereocenters. The maximum absolute atomic E-state index is 9.23. The molecule has 0 aromatic heterocycles. The minimum Gasteiger partial charge on any atom is -0.296 e. The predicted octanol–water partition coefficient (Wildman–Crippen LogP) is 2.95. The van der Waals surface area contributed by atoms with Gasteiger partial charge in [0.1, 0.15) is 5.54 Å². The van der Waals surface area contributed by atoms with E-state index < -0.39 is 0 Å². The topological polar surface area (TPSA) is 35.8 Å². The van der Waals surface area contributed by atoms with Crippen LogP contribution >= 0.6 is 11.8 Å². The lowest BCUT2D eigenvalue weighted by Gasteiger charge is -2.22. The Morgan fingerprint density at radius 2 is 2.12 bits per heavy atom. The van der Waals surface area contributed by atoms with E-state index in [0.29, 0.717) is 6.04 Å². The van der Waals surface area contributed by atoms with Crippen LogP contribution in [0.25, 0.3) is 0 Å². The highest BCUT2D eigenvalue weighted by atomic mass is 32.2. The van der Waals surface area contributed by atoms with Crippen molar-refractivity contribution in [1.29, 1.82) is 5.26 Å². The Morgan fingerprint density at radius 1 is 1.41 bits per heavy atom. The van der Waals surface area contributed by atoms with E-state index in [4.69, 9.17) is 0 Å². The smallest absolute Gasteiger partial charge is 0.113 e. The molecule has 0 heterocycles. The molecule has 0 bridgehead atoms. The Balaban J connectivity index is 1.78. The normalized spacial score (nSPS) is 18.4. The average molecular weight is 246 g/mol. The van der Waals surface area contributed by atoms with Gasteiger partial charge in [-0.25, -0.2) is 0 Å². The van der Waals surface area contributed by atoms with Crippen molar-refractivity contribution in [3.05, 3.63) is 35.9 Å². The second-order valence-electron chi connectivity index (χ2n) is 4.84. The van der Waals surface area contributed by atoms with E-state index in [2.05, 4.69) is 35.7 Å². The van der Waals surface area contributed by atoms with Crippen molar-refractivity contribution in [2.45, 2.75) is 37.1 Å². The summed E-state index contributed by atoms with van der Waals surface area (Å²) in [7, 11) is 0. The van der Waals surface area contributed by atoms with Crippen molar-refractivity contribution in [2.75, 3.05) is 5.75 Å². The number of thioether (sulfide) groups is 1. The van der Waals surface area contributed by atoms with Gasteiger partial charge in [0.15, 0.2) is 0 Å². The largest absolute Gasteiger partial charge is 0.296 e. The van der Waals surface area contributed by atoms with E-state index in [-0.39, 0.29) is 5.54 Å². The van der Waals surface area contributed by atoms with Gasteiger partial charge in [-0.2, -0.15) is 17.0 Å². The molecular formula is C14H18N2S. The molecule has 2 nitrogen and oxygen atoms in total. The Bertz CT molecular complexity index is 394. The Labute approximate surface area is 107 Å². The molecule has 1 aliphatic rings. The molecule has 17 heavy (non-hydrogen) atoms. The van der Waals surface area contributed by atoms with Gasteiger partial charge in [0, 0.05) is 17.5 Å². The molecule has 0 saturated heterocycles. The van der Waals surface area contributed by atoms with Crippen molar-refractivity contribution >= 4 is 11.8 Å². The molecule has 1 unspecified atom stereocenters. The minimum absolute atomic E-state index is 0.374. The fraction of sp³-hybridized carbons (Fsp3) is 0.500. The van der Waals surface area contributed by atoms with Crippen molar-refractivity contribution < 1.29 is 0 Å². The third-order valence-electron chi connectivity index (χ3n) is 2.85.